The summed E-state index contributed by atoms with van der Waals surface area (Å²) in [5.74, 6) is -0.998. The Hall–Kier alpha value is -1.06. The Labute approximate surface area is 90.9 Å². The zero-order valence-electron chi connectivity index (χ0n) is 9.91. The highest BCUT2D eigenvalue weighted by Crippen LogP contribution is 2.08. The summed E-state index contributed by atoms with van der Waals surface area (Å²) in [6.45, 7) is 7.52. The van der Waals surface area contributed by atoms with Crippen molar-refractivity contribution < 1.29 is 19.4 Å². The number of hydrogen-bond acceptors (Lipinski definition) is 4. The van der Waals surface area contributed by atoms with Crippen molar-refractivity contribution in [2.24, 2.45) is 11.8 Å². The molecule has 0 aliphatic heterocycles. The van der Waals surface area contributed by atoms with Crippen LogP contribution in [0.1, 0.15) is 47.0 Å². The van der Waals surface area contributed by atoms with Crippen molar-refractivity contribution in [3.05, 3.63) is 0 Å². The van der Waals surface area contributed by atoms with Gasteiger partial charge in [-0.1, -0.05) is 34.1 Å². The van der Waals surface area contributed by atoms with E-state index in [0.29, 0.717) is 0 Å². The minimum atomic E-state index is -0.498. The minimum absolute atomic E-state index is 0.198. The van der Waals surface area contributed by atoms with Crippen molar-refractivity contribution in [3.63, 3.8) is 0 Å². The maximum absolute atomic E-state index is 11.2. The second kappa shape index (κ2) is 7.26. The van der Waals surface area contributed by atoms with Crippen LogP contribution in [0.4, 0.5) is 0 Å². The van der Waals surface area contributed by atoms with Gasteiger partial charge in [0.2, 0.25) is 0 Å². The van der Waals surface area contributed by atoms with Gasteiger partial charge < -0.3 is 0 Å². The average molecular weight is 216 g/mol. The monoisotopic (exact) mass is 216 g/mol. The summed E-state index contributed by atoms with van der Waals surface area (Å²) in [5, 5.41) is 0. The van der Waals surface area contributed by atoms with Crippen LogP contribution in [-0.4, -0.2) is 11.9 Å². The van der Waals surface area contributed by atoms with E-state index < -0.39 is 11.9 Å². The van der Waals surface area contributed by atoms with E-state index >= 15 is 0 Å². The molecule has 0 spiro atoms. The summed E-state index contributed by atoms with van der Waals surface area (Å²) < 4.78 is 0. The van der Waals surface area contributed by atoms with Gasteiger partial charge in [0.15, 0.2) is 0 Å². The molecule has 0 aliphatic carbocycles. The van der Waals surface area contributed by atoms with Crippen LogP contribution < -0.4 is 0 Å². The molecule has 0 bridgehead atoms. The number of carbonyl (C=O) groups excluding carboxylic acids is 2. The Morgan fingerprint density at radius 1 is 1.13 bits per heavy atom. The maximum Gasteiger partial charge on any atom is 0.358 e. The topological polar surface area (TPSA) is 52.6 Å². The van der Waals surface area contributed by atoms with E-state index in [1.165, 1.54) is 0 Å². The summed E-state index contributed by atoms with van der Waals surface area (Å²) in [6, 6.07) is 0. The first kappa shape index (κ1) is 13.9. The van der Waals surface area contributed by atoms with Crippen LogP contribution >= 0.6 is 0 Å². The van der Waals surface area contributed by atoms with Gasteiger partial charge in [0.1, 0.15) is 0 Å². The lowest BCUT2D eigenvalue weighted by Crippen LogP contribution is -2.18. The number of hydrogen-bond donors (Lipinski definition) is 0. The second-order valence-electron chi connectivity index (χ2n) is 4.15. The first-order valence-corrected chi connectivity index (χ1v) is 5.38. The fraction of sp³-hybridized carbons (Fsp3) is 0.818. The number of rotatable bonds is 5. The van der Waals surface area contributed by atoms with E-state index in [1.54, 1.807) is 6.92 Å². The predicted octanol–water partition coefficient (Wildman–Crippen LogP) is 2.47. The highest BCUT2D eigenvalue weighted by Gasteiger charge is 2.17. The molecule has 0 aromatic rings. The first-order chi connectivity index (χ1) is 6.97. The highest BCUT2D eigenvalue weighted by atomic mass is 17.2. The third-order valence-corrected chi connectivity index (χ3v) is 1.92. The summed E-state index contributed by atoms with van der Waals surface area (Å²) >= 11 is 0. The fourth-order valence-electron chi connectivity index (χ4n) is 1.09. The lowest BCUT2D eigenvalue weighted by molar-refractivity contribution is -0.262. The molecule has 0 N–H and O–H groups in total. The molecule has 1 unspecified atom stereocenters. The quantitative estimate of drug-likeness (QED) is 0.523. The molecule has 1 atom stereocenters. The molecule has 0 aliphatic rings. The minimum Gasteiger partial charge on any atom is -0.247 e. The van der Waals surface area contributed by atoms with Gasteiger partial charge >= 0.3 is 11.9 Å². The van der Waals surface area contributed by atoms with Crippen molar-refractivity contribution >= 4 is 11.9 Å². The Balaban J connectivity index is 3.75. The molecule has 0 radical (unpaired) electrons. The normalized spacial score (nSPS) is 12.3. The van der Waals surface area contributed by atoms with Crippen LogP contribution in [-0.2, 0) is 19.4 Å². The fourth-order valence-corrected chi connectivity index (χ4v) is 1.09. The predicted molar refractivity (Wildman–Crippen MR) is 55.7 cm³/mol. The highest BCUT2D eigenvalue weighted by molar-refractivity contribution is 5.74. The lowest BCUT2D eigenvalue weighted by atomic mass is 10.1. The molecular weight excluding hydrogens is 196 g/mol. The van der Waals surface area contributed by atoms with E-state index in [9.17, 15) is 9.59 Å². The van der Waals surface area contributed by atoms with Crippen molar-refractivity contribution in [1.29, 1.82) is 0 Å². The molecule has 4 nitrogen and oxygen atoms in total. The van der Waals surface area contributed by atoms with Gasteiger partial charge in [-0.15, -0.1) is 0 Å². The molecule has 0 rings (SSSR count). The van der Waals surface area contributed by atoms with Gasteiger partial charge in [-0.05, 0) is 12.3 Å². The molecule has 88 valence electrons. The van der Waals surface area contributed by atoms with E-state index in [2.05, 4.69) is 9.78 Å². The molecule has 4 heteroatoms. The smallest absolute Gasteiger partial charge is 0.247 e. The molecule has 15 heavy (non-hydrogen) atoms. The molecule has 0 amide bonds. The summed E-state index contributed by atoms with van der Waals surface area (Å²) in [7, 11) is 0. The molecule has 0 aromatic heterocycles. The standard InChI is InChI=1S/C11H20O4/c1-5-6-9(4)11(13)15-14-10(12)7-8(2)3/h8-9H,5-7H2,1-4H3. The summed E-state index contributed by atoms with van der Waals surface area (Å²) in [6.07, 6.45) is 1.90. The van der Waals surface area contributed by atoms with Gasteiger partial charge in [0, 0.05) is 0 Å². The van der Waals surface area contributed by atoms with Gasteiger partial charge in [-0.25, -0.2) is 19.4 Å². The van der Waals surface area contributed by atoms with Crippen LogP contribution in [0, 0.1) is 11.8 Å². The lowest BCUT2D eigenvalue weighted by Gasteiger charge is -2.08. The van der Waals surface area contributed by atoms with E-state index in [-0.39, 0.29) is 18.3 Å². The molecule has 0 fully saturated rings. The van der Waals surface area contributed by atoms with E-state index in [1.807, 2.05) is 20.8 Å². The zero-order valence-corrected chi connectivity index (χ0v) is 9.91. The molecule has 0 saturated heterocycles. The maximum atomic E-state index is 11.2. The summed E-state index contributed by atoms with van der Waals surface area (Å²) in [4.78, 5) is 31.1. The Bertz CT molecular complexity index is 211. The van der Waals surface area contributed by atoms with Gasteiger partial charge in [-0.3, -0.25) is 0 Å². The average Bonchev–Trinajstić information content (AvgIpc) is 2.13. The Kier molecular flexibility index (Phi) is 6.75. The van der Waals surface area contributed by atoms with Gasteiger partial charge in [0.05, 0.1) is 12.3 Å². The molecule has 0 heterocycles. The number of carbonyl (C=O) groups is 2. The van der Waals surface area contributed by atoms with Crippen molar-refractivity contribution in [2.45, 2.75) is 47.0 Å². The largest absolute Gasteiger partial charge is 0.358 e. The van der Waals surface area contributed by atoms with Gasteiger partial charge in [0.25, 0.3) is 0 Å². The van der Waals surface area contributed by atoms with Crippen molar-refractivity contribution in [2.75, 3.05) is 0 Å². The van der Waals surface area contributed by atoms with Crippen molar-refractivity contribution in [3.8, 4) is 0 Å². The van der Waals surface area contributed by atoms with Crippen molar-refractivity contribution in [1.82, 2.24) is 0 Å². The summed E-state index contributed by atoms with van der Waals surface area (Å²) in [5.41, 5.74) is 0. The SMILES string of the molecule is CCCC(C)C(=O)OOC(=O)CC(C)C. The van der Waals surface area contributed by atoms with Gasteiger partial charge in [-0.2, -0.15) is 0 Å². The Morgan fingerprint density at radius 2 is 1.73 bits per heavy atom. The van der Waals surface area contributed by atoms with Crippen LogP contribution in [0.25, 0.3) is 0 Å². The molecular formula is C11H20O4. The third-order valence-electron chi connectivity index (χ3n) is 1.92. The van der Waals surface area contributed by atoms with Crippen LogP contribution in [0.3, 0.4) is 0 Å². The molecule has 0 saturated carbocycles. The van der Waals surface area contributed by atoms with E-state index in [4.69, 9.17) is 0 Å². The van der Waals surface area contributed by atoms with Crippen LogP contribution in [0.5, 0.6) is 0 Å². The second-order valence-corrected chi connectivity index (χ2v) is 4.15. The van der Waals surface area contributed by atoms with Crippen LogP contribution in [0.2, 0.25) is 0 Å². The van der Waals surface area contributed by atoms with Crippen LogP contribution in [0.15, 0.2) is 0 Å². The zero-order chi connectivity index (χ0) is 11.8. The third kappa shape index (κ3) is 6.94. The van der Waals surface area contributed by atoms with E-state index in [0.717, 1.165) is 12.8 Å². The molecule has 0 aromatic carbocycles. The first-order valence-electron chi connectivity index (χ1n) is 5.38. The Morgan fingerprint density at radius 3 is 2.20 bits per heavy atom.